The van der Waals surface area contributed by atoms with Crippen LogP contribution >= 0.6 is 15.2 Å². The molecule has 0 aromatic carbocycles. The molecule has 4 aliphatic heterocycles. The first-order valence-corrected chi connectivity index (χ1v) is 15.2. The Hall–Kier alpha value is 0.817. The van der Waals surface area contributed by atoms with Crippen LogP contribution in [-0.2, 0) is 0 Å². The third-order valence-corrected chi connectivity index (χ3v) is 22.6. The van der Waals surface area contributed by atoms with Crippen LogP contribution in [-0.4, -0.2) is 23.9 Å². The van der Waals surface area contributed by atoms with Crippen molar-refractivity contribution in [2.24, 2.45) is 16.7 Å². The number of hydrogen-bond acceptors (Lipinski definition) is 0. The van der Waals surface area contributed by atoms with Crippen molar-refractivity contribution in [2.45, 2.75) is 77.0 Å². The molecule has 4 heterocycles. The Kier molecular flexibility index (Phi) is 3.15. The first-order valence-electron chi connectivity index (χ1n) is 8.11. The lowest BCUT2D eigenvalue weighted by atomic mass is 9.82. The minimum Gasteiger partial charge on any atom is -0.0831 e. The molecule has 0 aromatic heterocycles. The summed E-state index contributed by atoms with van der Waals surface area (Å²) in [6.07, 6.45) is 5.41. The molecule has 0 nitrogen and oxygen atoms in total. The molecule has 20 heavy (non-hydrogen) atoms. The Balaban J connectivity index is 2.11. The maximum absolute atomic E-state index is 2.72. The van der Waals surface area contributed by atoms with Gasteiger partial charge in [0.15, 0.2) is 0 Å². The van der Waals surface area contributed by atoms with E-state index < -0.39 is 8.07 Å². The SMILES string of the molecule is CC(C)(C)C1C2C=CC3(C(C)(C)C)P1P3C2[Si](C)(C)C. The molecule has 4 bridgehead atoms. The summed E-state index contributed by atoms with van der Waals surface area (Å²) in [4.78, 5) is 0.648. The summed E-state index contributed by atoms with van der Waals surface area (Å²) in [6, 6.07) is 0. The zero-order chi connectivity index (χ0) is 15.3. The van der Waals surface area contributed by atoms with Gasteiger partial charge in [-0.15, -0.1) is 0 Å². The second-order valence-electron chi connectivity index (χ2n) is 10.2. The van der Waals surface area contributed by atoms with Gasteiger partial charge in [0.25, 0.3) is 0 Å². The molecule has 4 rings (SSSR count). The normalized spacial score (nSPS) is 46.8. The molecule has 2 fully saturated rings. The summed E-state index contributed by atoms with van der Waals surface area (Å²) in [5.74, 6) is 0.933. The average Bonchev–Trinajstić information content (AvgIpc) is 2.77. The third-order valence-electron chi connectivity index (χ3n) is 5.58. The maximum atomic E-state index is 2.72. The lowest BCUT2D eigenvalue weighted by Crippen LogP contribution is -2.50. The van der Waals surface area contributed by atoms with Gasteiger partial charge in [-0.25, -0.2) is 0 Å². The van der Waals surface area contributed by atoms with Gasteiger partial charge in [-0.1, -0.05) is 88.6 Å². The predicted octanol–water partition coefficient (Wildman–Crippen LogP) is 6.48. The third kappa shape index (κ3) is 1.79. The largest absolute Gasteiger partial charge is 0.0831 e. The lowest BCUT2D eigenvalue weighted by Gasteiger charge is -2.48. The summed E-state index contributed by atoms with van der Waals surface area (Å²) in [7, 11) is -0.478. The standard InChI is InChI=1S/C17H32P2Si/c1-15(2,3)13-12-10-11-17(16(4,5)6)18(13)19(17)14(12)20(7,8)9/h10-14H,1-9H3. The van der Waals surface area contributed by atoms with Crippen LogP contribution in [0.1, 0.15) is 41.5 Å². The zero-order valence-corrected chi connectivity index (χ0v) is 17.6. The molecular formula is C17H32P2Si. The van der Waals surface area contributed by atoms with Crippen molar-refractivity contribution in [3.05, 3.63) is 12.2 Å². The van der Waals surface area contributed by atoms with Crippen LogP contribution in [0.25, 0.3) is 0 Å². The van der Waals surface area contributed by atoms with Gasteiger partial charge in [0.1, 0.15) is 0 Å². The molecule has 0 aliphatic carbocycles. The van der Waals surface area contributed by atoms with Gasteiger partial charge in [0.2, 0.25) is 0 Å². The zero-order valence-electron chi connectivity index (χ0n) is 14.8. The fraction of sp³-hybridized carbons (Fsp3) is 0.882. The van der Waals surface area contributed by atoms with Crippen LogP contribution < -0.4 is 0 Å². The van der Waals surface area contributed by atoms with Gasteiger partial charge < -0.3 is 0 Å². The van der Waals surface area contributed by atoms with Gasteiger partial charge in [0.05, 0.1) is 8.07 Å². The quantitative estimate of drug-likeness (QED) is 0.294. The molecule has 4 aliphatic rings. The van der Waals surface area contributed by atoms with E-state index in [0.29, 0.717) is 23.3 Å². The highest BCUT2D eigenvalue weighted by Crippen LogP contribution is 3.14. The van der Waals surface area contributed by atoms with Crippen molar-refractivity contribution in [1.82, 2.24) is 0 Å². The maximum Gasteiger partial charge on any atom is 0.0532 e. The minimum atomic E-state index is -1.05. The summed E-state index contributed by atoms with van der Waals surface area (Å²) >= 11 is 0. The topological polar surface area (TPSA) is 0 Å². The summed E-state index contributed by atoms with van der Waals surface area (Å²) < 4.78 is 0. The van der Waals surface area contributed by atoms with Crippen LogP contribution in [0.3, 0.4) is 0 Å². The highest BCUT2D eigenvalue weighted by molar-refractivity contribution is 8.49. The Bertz CT molecular complexity index is 433. The second kappa shape index (κ2) is 4.01. The van der Waals surface area contributed by atoms with Crippen LogP contribution in [0.4, 0.5) is 0 Å². The van der Waals surface area contributed by atoms with Gasteiger partial charge in [-0.05, 0) is 27.7 Å². The van der Waals surface area contributed by atoms with E-state index in [1.165, 1.54) is 0 Å². The highest BCUT2D eigenvalue weighted by Gasteiger charge is 2.81. The smallest absolute Gasteiger partial charge is 0.0532 e. The van der Waals surface area contributed by atoms with Crippen molar-refractivity contribution in [3.8, 4) is 0 Å². The molecule has 2 saturated heterocycles. The fourth-order valence-electron chi connectivity index (χ4n) is 4.89. The Morgan fingerprint density at radius 1 is 0.950 bits per heavy atom. The van der Waals surface area contributed by atoms with Crippen molar-refractivity contribution < 1.29 is 0 Å². The van der Waals surface area contributed by atoms with E-state index in [0.717, 1.165) is 16.9 Å². The molecule has 0 aromatic rings. The van der Waals surface area contributed by atoms with E-state index in [-0.39, 0.29) is 7.61 Å². The molecule has 0 saturated carbocycles. The average molecular weight is 326 g/mol. The van der Waals surface area contributed by atoms with E-state index in [4.69, 9.17) is 0 Å². The first-order chi connectivity index (χ1) is 8.83. The Labute approximate surface area is 129 Å². The molecule has 114 valence electrons. The van der Waals surface area contributed by atoms with Crippen molar-refractivity contribution >= 4 is 23.3 Å². The Morgan fingerprint density at radius 3 is 1.90 bits per heavy atom. The van der Waals surface area contributed by atoms with Crippen LogP contribution in [0, 0.1) is 16.7 Å². The van der Waals surface area contributed by atoms with Gasteiger partial charge >= 0.3 is 0 Å². The number of rotatable bonds is 1. The van der Waals surface area contributed by atoms with Crippen molar-refractivity contribution in [1.29, 1.82) is 0 Å². The number of allylic oxidation sites excluding steroid dienone is 2. The van der Waals surface area contributed by atoms with Crippen LogP contribution in [0.15, 0.2) is 12.2 Å². The van der Waals surface area contributed by atoms with Gasteiger partial charge in [-0.2, -0.15) is 0 Å². The molecule has 0 spiro atoms. The van der Waals surface area contributed by atoms with E-state index >= 15 is 0 Å². The van der Waals surface area contributed by atoms with Gasteiger partial charge in [-0.3, -0.25) is 0 Å². The molecule has 6 unspecified atom stereocenters. The molecule has 0 N–H and O–H groups in total. The van der Waals surface area contributed by atoms with E-state index in [2.05, 4.69) is 73.3 Å². The minimum absolute atomic E-state index is 0.273. The van der Waals surface area contributed by atoms with Crippen molar-refractivity contribution in [3.63, 3.8) is 0 Å². The fourth-order valence-corrected chi connectivity index (χ4v) is 29.5. The molecule has 0 amide bonds. The molecule has 0 radical (unpaired) electrons. The van der Waals surface area contributed by atoms with E-state index in [9.17, 15) is 0 Å². The van der Waals surface area contributed by atoms with E-state index in [1.54, 1.807) is 0 Å². The first kappa shape index (κ1) is 15.7. The van der Waals surface area contributed by atoms with Crippen molar-refractivity contribution in [2.75, 3.05) is 0 Å². The number of hydrogen-bond donors (Lipinski definition) is 0. The molecule has 6 atom stereocenters. The van der Waals surface area contributed by atoms with Gasteiger partial charge in [0, 0.05) is 4.90 Å². The summed E-state index contributed by atoms with van der Waals surface area (Å²) in [5, 5.41) is 1.11. The Morgan fingerprint density at radius 2 is 1.50 bits per heavy atom. The second-order valence-corrected chi connectivity index (χ2v) is 22.9. The summed E-state index contributed by atoms with van der Waals surface area (Å²) in [6.45, 7) is 23.0. The highest BCUT2D eigenvalue weighted by atomic mass is 32.1. The summed E-state index contributed by atoms with van der Waals surface area (Å²) in [5.41, 5.74) is 1.99. The molecule has 3 heteroatoms. The monoisotopic (exact) mass is 326 g/mol. The van der Waals surface area contributed by atoms with Crippen LogP contribution in [0.5, 0.6) is 0 Å². The van der Waals surface area contributed by atoms with Crippen LogP contribution in [0.2, 0.25) is 19.6 Å². The predicted molar refractivity (Wildman–Crippen MR) is 99.0 cm³/mol. The molecular weight excluding hydrogens is 294 g/mol. The lowest BCUT2D eigenvalue weighted by molar-refractivity contribution is 0.324. The van der Waals surface area contributed by atoms with E-state index in [1.807, 2.05) is 0 Å².